The number of hydrogen-bond donors (Lipinski definition) is 3. The summed E-state index contributed by atoms with van der Waals surface area (Å²) in [6.07, 6.45) is 2.42. The first-order valence-electron chi connectivity index (χ1n) is 14.9. The van der Waals surface area contributed by atoms with Gasteiger partial charge in [0.1, 0.15) is 0 Å². The van der Waals surface area contributed by atoms with Gasteiger partial charge in [0.25, 0.3) is 0 Å². The zero-order valence-electron chi connectivity index (χ0n) is 26.1. The summed E-state index contributed by atoms with van der Waals surface area (Å²) in [5, 5.41) is 5.49. The SMILES string of the molecule is CCC(C)C(C(CC(=O)N1CCCC1C(OC)C(C)C(=O)NC(CN)Cc1ccccc1)OC)N(C)C(=O)CNC=O. The highest BCUT2D eigenvalue weighted by molar-refractivity contribution is 5.81. The lowest BCUT2D eigenvalue weighted by molar-refractivity contribution is -0.145. The summed E-state index contributed by atoms with van der Waals surface area (Å²) in [6, 6.07) is 9.02. The van der Waals surface area contributed by atoms with E-state index in [4.69, 9.17) is 15.2 Å². The van der Waals surface area contributed by atoms with Gasteiger partial charge in [-0.2, -0.15) is 0 Å². The zero-order chi connectivity index (χ0) is 31.2. The molecular formula is C31H51N5O6. The first kappa shape index (κ1) is 35.2. The van der Waals surface area contributed by atoms with Crippen molar-refractivity contribution >= 4 is 24.1 Å². The van der Waals surface area contributed by atoms with E-state index in [1.807, 2.05) is 51.1 Å². The van der Waals surface area contributed by atoms with E-state index < -0.39 is 18.1 Å². The van der Waals surface area contributed by atoms with Crippen LogP contribution in [0.15, 0.2) is 30.3 Å². The maximum absolute atomic E-state index is 13.8. The largest absolute Gasteiger partial charge is 0.379 e. The van der Waals surface area contributed by atoms with Gasteiger partial charge in [-0.15, -0.1) is 0 Å². The van der Waals surface area contributed by atoms with Crippen LogP contribution in [0, 0.1) is 11.8 Å². The second-order valence-corrected chi connectivity index (χ2v) is 11.3. The fourth-order valence-corrected chi connectivity index (χ4v) is 6.00. The average molecular weight is 590 g/mol. The number of methoxy groups -OCH3 is 2. The Bertz CT molecular complexity index is 995. The van der Waals surface area contributed by atoms with Crippen LogP contribution in [0.5, 0.6) is 0 Å². The Labute approximate surface area is 250 Å². The molecule has 1 aliphatic heterocycles. The summed E-state index contributed by atoms with van der Waals surface area (Å²) in [4.78, 5) is 53.9. The Kier molecular flexibility index (Phi) is 14.9. The summed E-state index contributed by atoms with van der Waals surface area (Å²) in [6.45, 7) is 6.60. The first-order chi connectivity index (χ1) is 20.1. The van der Waals surface area contributed by atoms with Crippen LogP contribution in [0.2, 0.25) is 0 Å². The molecule has 4 N–H and O–H groups in total. The fraction of sp³-hybridized carbons (Fsp3) is 0.677. The number of likely N-dealkylation sites (tertiary alicyclic amines) is 1. The number of nitrogens with zero attached hydrogens (tertiary/aromatic N) is 2. The maximum Gasteiger partial charge on any atom is 0.242 e. The van der Waals surface area contributed by atoms with Crippen LogP contribution < -0.4 is 16.4 Å². The minimum absolute atomic E-state index is 0.0455. The van der Waals surface area contributed by atoms with E-state index in [2.05, 4.69) is 10.6 Å². The van der Waals surface area contributed by atoms with Gasteiger partial charge >= 0.3 is 0 Å². The van der Waals surface area contributed by atoms with Crippen LogP contribution in [0.3, 0.4) is 0 Å². The standard InChI is InChI=1S/C31H51N5O6/c1-7-21(2)29(35(4)28(39)19-33-20-37)26(41-5)17-27(38)36-15-11-14-25(36)30(42-6)22(3)31(40)34-24(18-32)16-23-12-9-8-10-13-23/h8-10,12-13,20-22,24-26,29-30H,7,11,14-19,32H2,1-6H3,(H,33,37)(H,34,40). The van der Waals surface area contributed by atoms with E-state index in [1.54, 1.807) is 31.1 Å². The Balaban J connectivity index is 2.14. The van der Waals surface area contributed by atoms with Crippen LogP contribution in [0.1, 0.15) is 52.0 Å². The normalized spacial score (nSPS) is 19.2. The van der Waals surface area contributed by atoms with Gasteiger partial charge in [0.15, 0.2) is 0 Å². The minimum Gasteiger partial charge on any atom is -0.379 e. The number of rotatable bonds is 18. The first-order valence-corrected chi connectivity index (χ1v) is 14.9. The molecule has 2 rings (SSSR count). The number of nitrogens with two attached hydrogens (primary N) is 1. The molecule has 0 radical (unpaired) electrons. The number of ether oxygens (including phenoxy) is 2. The van der Waals surface area contributed by atoms with E-state index in [0.29, 0.717) is 32.3 Å². The summed E-state index contributed by atoms with van der Waals surface area (Å²) in [5.41, 5.74) is 7.08. The molecule has 7 unspecified atom stereocenters. The molecule has 42 heavy (non-hydrogen) atoms. The lowest BCUT2D eigenvalue weighted by atomic mass is 9.90. The number of carbonyl (C=O) groups excluding carboxylic acids is 4. The average Bonchev–Trinajstić information content (AvgIpc) is 3.49. The molecule has 11 nitrogen and oxygen atoms in total. The molecule has 4 amide bonds. The van der Waals surface area contributed by atoms with E-state index in [1.165, 1.54) is 0 Å². The zero-order valence-corrected chi connectivity index (χ0v) is 26.1. The molecule has 236 valence electrons. The topological polar surface area (TPSA) is 143 Å². The lowest BCUT2D eigenvalue weighted by Gasteiger charge is -2.39. The van der Waals surface area contributed by atoms with Crippen LogP contribution in [-0.2, 0) is 35.1 Å². The highest BCUT2D eigenvalue weighted by atomic mass is 16.5. The van der Waals surface area contributed by atoms with Crippen molar-refractivity contribution in [2.75, 3.05) is 40.9 Å². The number of amides is 4. The number of hydrogen-bond acceptors (Lipinski definition) is 7. The van der Waals surface area contributed by atoms with Crippen molar-refractivity contribution in [3.63, 3.8) is 0 Å². The van der Waals surface area contributed by atoms with Gasteiger partial charge in [0.05, 0.1) is 43.2 Å². The minimum atomic E-state index is -0.552. The molecule has 0 bridgehead atoms. The molecule has 0 aromatic heterocycles. The predicted octanol–water partition coefficient (Wildman–Crippen LogP) is 1.34. The number of nitrogens with one attached hydrogen (secondary N) is 2. The quantitative estimate of drug-likeness (QED) is 0.219. The molecule has 1 aromatic carbocycles. The molecule has 0 spiro atoms. The monoisotopic (exact) mass is 589 g/mol. The molecule has 1 aromatic rings. The smallest absolute Gasteiger partial charge is 0.242 e. The van der Waals surface area contributed by atoms with Crippen molar-refractivity contribution in [1.29, 1.82) is 0 Å². The predicted molar refractivity (Wildman–Crippen MR) is 161 cm³/mol. The molecular weight excluding hydrogens is 538 g/mol. The third-order valence-electron chi connectivity index (χ3n) is 8.60. The van der Waals surface area contributed by atoms with Gasteiger partial charge in [-0.3, -0.25) is 19.2 Å². The highest BCUT2D eigenvalue weighted by Crippen LogP contribution is 2.29. The molecule has 0 saturated carbocycles. The Hall–Kier alpha value is -3.02. The van der Waals surface area contributed by atoms with Gasteiger partial charge in [-0.05, 0) is 30.7 Å². The summed E-state index contributed by atoms with van der Waals surface area (Å²) in [7, 11) is 4.80. The van der Waals surface area contributed by atoms with Crippen LogP contribution in [0.25, 0.3) is 0 Å². The molecule has 1 saturated heterocycles. The van der Waals surface area contributed by atoms with Gasteiger partial charge in [0, 0.05) is 40.4 Å². The molecule has 1 aliphatic rings. The van der Waals surface area contributed by atoms with Gasteiger partial charge in [-0.1, -0.05) is 57.5 Å². The van der Waals surface area contributed by atoms with Crippen LogP contribution in [0.4, 0.5) is 0 Å². The molecule has 1 fully saturated rings. The fourth-order valence-electron chi connectivity index (χ4n) is 6.00. The lowest BCUT2D eigenvalue weighted by Crippen LogP contribution is -2.54. The molecule has 1 heterocycles. The summed E-state index contributed by atoms with van der Waals surface area (Å²) < 4.78 is 11.7. The van der Waals surface area contributed by atoms with Crippen molar-refractivity contribution in [3.8, 4) is 0 Å². The van der Waals surface area contributed by atoms with Gasteiger partial charge in [-0.25, -0.2) is 0 Å². The summed E-state index contributed by atoms with van der Waals surface area (Å²) in [5.74, 6) is -1.00. The van der Waals surface area contributed by atoms with Crippen molar-refractivity contribution in [1.82, 2.24) is 20.4 Å². The van der Waals surface area contributed by atoms with Gasteiger partial charge in [0.2, 0.25) is 24.1 Å². The number of likely N-dealkylation sites (N-methyl/N-ethyl adjacent to an activating group) is 1. The Morgan fingerprint density at radius 1 is 1.17 bits per heavy atom. The second-order valence-electron chi connectivity index (χ2n) is 11.3. The van der Waals surface area contributed by atoms with Crippen LogP contribution >= 0.6 is 0 Å². The second kappa shape index (κ2) is 17.8. The van der Waals surface area contributed by atoms with E-state index >= 15 is 0 Å². The van der Waals surface area contributed by atoms with E-state index in [-0.39, 0.29) is 54.7 Å². The van der Waals surface area contributed by atoms with E-state index in [0.717, 1.165) is 18.4 Å². The Morgan fingerprint density at radius 2 is 1.86 bits per heavy atom. The number of carbonyl (C=O) groups is 4. The highest BCUT2D eigenvalue weighted by Gasteiger charge is 2.42. The third kappa shape index (κ3) is 9.50. The van der Waals surface area contributed by atoms with Crippen LogP contribution in [-0.4, -0.2) is 105 Å². The van der Waals surface area contributed by atoms with Crippen molar-refractivity contribution in [2.45, 2.75) is 83.2 Å². The maximum atomic E-state index is 13.8. The van der Waals surface area contributed by atoms with Gasteiger partial charge < -0.3 is 35.6 Å². The molecule has 11 heteroatoms. The van der Waals surface area contributed by atoms with Crippen molar-refractivity contribution < 1.29 is 28.7 Å². The summed E-state index contributed by atoms with van der Waals surface area (Å²) >= 11 is 0. The third-order valence-corrected chi connectivity index (χ3v) is 8.60. The number of benzene rings is 1. The molecule has 0 aliphatic carbocycles. The van der Waals surface area contributed by atoms with E-state index in [9.17, 15) is 19.2 Å². The van der Waals surface area contributed by atoms with Crippen molar-refractivity contribution in [2.24, 2.45) is 17.6 Å². The molecule has 7 atom stereocenters. The Morgan fingerprint density at radius 3 is 2.43 bits per heavy atom. The van der Waals surface area contributed by atoms with Crippen molar-refractivity contribution in [3.05, 3.63) is 35.9 Å².